The van der Waals surface area contributed by atoms with Crippen molar-refractivity contribution in [2.45, 2.75) is 38.5 Å². The zero-order valence-electron chi connectivity index (χ0n) is 19.3. The van der Waals surface area contributed by atoms with Crippen LogP contribution in [0.2, 0.25) is 0 Å². The van der Waals surface area contributed by atoms with Gasteiger partial charge in [0.05, 0.1) is 11.6 Å². The van der Waals surface area contributed by atoms with Gasteiger partial charge in [-0.2, -0.15) is 5.26 Å². The molecule has 0 aromatic heterocycles. The second kappa shape index (κ2) is 10.6. The van der Waals surface area contributed by atoms with Crippen molar-refractivity contribution >= 4 is 11.8 Å². The smallest absolute Gasteiger partial charge is 0.253 e. The zero-order valence-corrected chi connectivity index (χ0v) is 19.3. The molecule has 0 saturated carbocycles. The molecule has 2 aromatic carbocycles. The van der Waals surface area contributed by atoms with Crippen LogP contribution in [0.15, 0.2) is 42.5 Å². The van der Waals surface area contributed by atoms with Crippen molar-refractivity contribution < 1.29 is 9.59 Å². The number of carbonyl (C=O) groups is 2. The fourth-order valence-corrected chi connectivity index (χ4v) is 4.85. The normalized spacial score (nSPS) is 17.4. The van der Waals surface area contributed by atoms with Crippen LogP contribution in [-0.2, 0) is 0 Å². The summed E-state index contributed by atoms with van der Waals surface area (Å²) < 4.78 is 0. The number of carbonyl (C=O) groups excluding carboxylic acids is 2. The van der Waals surface area contributed by atoms with E-state index in [9.17, 15) is 9.59 Å². The van der Waals surface area contributed by atoms with Gasteiger partial charge >= 0.3 is 0 Å². The van der Waals surface area contributed by atoms with Gasteiger partial charge in [0.1, 0.15) is 0 Å². The fraction of sp³-hybridized carbons (Fsp3) is 0.444. The van der Waals surface area contributed by atoms with Crippen molar-refractivity contribution in [2.75, 3.05) is 32.7 Å². The van der Waals surface area contributed by atoms with E-state index in [1.54, 1.807) is 6.07 Å². The van der Waals surface area contributed by atoms with Crippen molar-refractivity contribution in [3.63, 3.8) is 0 Å². The highest BCUT2D eigenvalue weighted by Crippen LogP contribution is 2.29. The van der Waals surface area contributed by atoms with E-state index in [0.717, 1.165) is 44.3 Å². The second-order valence-corrected chi connectivity index (χ2v) is 9.23. The van der Waals surface area contributed by atoms with Gasteiger partial charge in [0.15, 0.2) is 0 Å². The summed E-state index contributed by atoms with van der Waals surface area (Å²) in [5, 5.41) is 15.4. The summed E-state index contributed by atoms with van der Waals surface area (Å²) in [6.07, 6.45) is 3.95. The van der Waals surface area contributed by atoms with Crippen LogP contribution in [0.3, 0.4) is 0 Å². The topological polar surface area (TPSA) is 85.2 Å². The lowest BCUT2D eigenvalue weighted by Gasteiger charge is -2.32. The maximum absolute atomic E-state index is 13.2. The molecule has 33 heavy (non-hydrogen) atoms. The Morgan fingerprint density at radius 1 is 1.06 bits per heavy atom. The standard InChI is InChI=1S/C27H32N4O2/c1-19-2-5-24(16-25(19)26(32)30-18-21-8-12-29-13-9-21)27(33)31-14-10-23(11-15-31)22-6-3-20(17-28)4-7-22/h2-7,16,21,23,29H,8-15,18H2,1H3,(H,30,32). The molecule has 2 aromatic rings. The molecule has 2 N–H and O–H groups in total. The third kappa shape index (κ3) is 5.61. The highest BCUT2D eigenvalue weighted by Gasteiger charge is 2.25. The average Bonchev–Trinajstić information content (AvgIpc) is 2.88. The molecule has 2 saturated heterocycles. The number of piperidine rings is 2. The molecule has 0 radical (unpaired) electrons. The Morgan fingerprint density at radius 3 is 2.42 bits per heavy atom. The predicted molar refractivity (Wildman–Crippen MR) is 128 cm³/mol. The number of rotatable bonds is 5. The fourth-order valence-electron chi connectivity index (χ4n) is 4.85. The van der Waals surface area contributed by atoms with E-state index in [1.807, 2.05) is 48.2 Å². The van der Waals surface area contributed by atoms with E-state index in [2.05, 4.69) is 16.7 Å². The van der Waals surface area contributed by atoms with Crippen LogP contribution in [0.4, 0.5) is 0 Å². The predicted octanol–water partition coefficient (Wildman–Crippen LogP) is 3.62. The van der Waals surface area contributed by atoms with Gasteiger partial charge in [-0.25, -0.2) is 0 Å². The number of nitrogens with zero attached hydrogens (tertiary/aromatic N) is 2. The molecule has 6 heteroatoms. The van der Waals surface area contributed by atoms with E-state index < -0.39 is 0 Å². The first-order valence-electron chi connectivity index (χ1n) is 11.9. The molecule has 0 atom stereocenters. The summed E-state index contributed by atoms with van der Waals surface area (Å²) in [6.45, 7) is 5.98. The first-order valence-corrected chi connectivity index (χ1v) is 11.9. The number of aryl methyl sites for hydroxylation is 1. The monoisotopic (exact) mass is 444 g/mol. The van der Waals surface area contributed by atoms with Crippen molar-refractivity contribution in [1.29, 1.82) is 5.26 Å². The summed E-state index contributed by atoms with van der Waals surface area (Å²) >= 11 is 0. The highest BCUT2D eigenvalue weighted by atomic mass is 16.2. The van der Waals surface area contributed by atoms with Crippen LogP contribution >= 0.6 is 0 Å². The lowest BCUT2D eigenvalue weighted by Crippen LogP contribution is -2.38. The third-order valence-corrected chi connectivity index (χ3v) is 7.03. The van der Waals surface area contributed by atoms with Crippen LogP contribution < -0.4 is 10.6 Å². The zero-order chi connectivity index (χ0) is 23.2. The Hall–Kier alpha value is -3.17. The van der Waals surface area contributed by atoms with Crippen LogP contribution in [-0.4, -0.2) is 49.4 Å². The van der Waals surface area contributed by atoms with Gasteiger partial charge in [-0.1, -0.05) is 18.2 Å². The summed E-state index contributed by atoms with van der Waals surface area (Å²) in [4.78, 5) is 27.9. The molecule has 2 aliphatic rings. The second-order valence-electron chi connectivity index (χ2n) is 9.23. The van der Waals surface area contributed by atoms with E-state index >= 15 is 0 Å². The molecular weight excluding hydrogens is 412 g/mol. The van der Waals surface area contributed by atoms with Crippen LogP contribution in [0.1, 0.15) is 69.0 Å². The Bertz CT molecular complexity index is 1030. The Balaban J connectivity index is 1.36. The molecule has 0 aliphatic carbocycles. The number of benzene rings is 2. The number of amides is 2. The van der Waals surface area contributed by atoms with E-state index in [-0.39, 0.29) is 11.8 Å². The maximum atomic E-state index is 13.2. The van der Waals surface area contributed by atoms with Crippen LogP contribution in [0, 0.1) is 24.2 Å². The first kappa shape index (κ1) is 23.0. The van der Waals surface area contributed by atoms with E-state index in [1.165, 1.54) is 5.56 Å². The quantitative estimate of drug-likeness (QED) is 0.738. The number of nitrogens with one attached hydrogen (secondary N) is 2. The molecule has 0 unspecified atom stereocenters. The largest absolute Gasteiger partial charge is 0.352 e. The highest BCUT2D eigenvalue weighted by molar-refractivity contribution is 6.00. The van der Waals surface area contributed by atoms with Crippen molar-refractivity contribution in [3.05, 3.63) is 70.3 Å². The molecule has 2 fully saturated rings. The van der Waals surface area contributed by atoms with Gasteiger partial charge < -0.3 is 15.5 Å². The minimum absolute atomic E-state index is 0.0133. The van der Waals surface area contributed by atoms with Gasteiger partial charge in [0, 0.05) is 30.8 Å². The van der Waals surface area contributed by atoms with E-state index in [4.69, 9.17) is 5.26 Å². The Kier molecular flexibility index (Phi) is 7.41. The lowest BCUT2D eigenvalue weighted by atomic mass is 9.88. The average molecular weight is 445 g/mol. The summed E-state index contributed by atoms with van der Waals surface area (Å²) in [7, 11) is 0. The summed E-state index contributed by atoms with van der Waals surface area (Å²) in [6, 6.07) is 15.4. The van der Waals surface area contributed by atoms with Gasteiger partial charge in [0.25, 0.3) is 11.8 Å². The van der Waals surface area contributed by atoms with Gasteiger partial charge in [-0.05, 0) is 92.9 Å². The molecular formula is C27H32N4O2. The molecule has 6 nitrogen and oxygen atoms in total. The van der Waals surface area contributed by atoms with Crippen molar-refractivity contribution in [2.24, 2.45) is 5.92 Å². The molecule has 0 spiro atoms. The lowest BCUT2D eigenvalue weighted by molar-refractivity contribution is 0.0713. The minimum atomic E-state index is -0.0970. The Morgan fingerprint density at radius 2 is 1.76 bits per heavy atom. The van der Waals surface area contributed by atoms with Crippen molar-refractivity contribution in [3.8, 4) is 6.07 Å². The van der Waals surface area contributed by atoms with Crippen molar-refractivity contribution in [1.82, 2.24) is 15.5 Å². The minimum Gasteiger partial charge on any atom is -0.352 e. The number of likely N-dealkylation sites (tertiary alicyclic amines) is 1. The van der Waals surface area contributed by atoms with E-state index in [0.29, 0.717) is 48.2 Å². The number of hydrogen-bond donors (Lipinski definition) is 2. The molecule has 2 aliphatic heterocycles. The molecule has 0 bridgehead atoms. The van der Waals surface area contributed by atoms with Gasteiger partial charge in [-0.3, -0.25) is 9.59 Å². The first-order chi connectivity index (χ1) is 16.0. The Labute approximate surface area is 196 Å². The molecule has 2 amide bonds. The third-order valence-electron chi connectivity index (χ3n) is 7.03. The molecule has 172 valence electrons. The molecule has 2 heterocycles. The van der Waals surface area contributed by atoms with Gasteiger partial charge in [0.2, 0.25) is 0 Å². The van der Waals surface area contributed by atoms with Gasteiger partial charge in [-0.15, -0.1) is 0 Å². The van der Waals surface area contributed by atoms with Crippen LogP contribution in [0.25, 0.3) is 0 Å². The maximum Gasteiger partial charge on any atom is 0.253 e. The number of hydrogen-bond acceptors (Lipinski definition) is 4. The molecule has 4 rings (SSSR count). The van der Waals surface area contributed by atoms with Crippen LogP contribution in [0.5, 0.6) is 0 Å². The SMILES string of the molecule is Cc1ccc(C(=O)N2CCC(c3ccc(C#N)cc3)CC2)cc1C(=O)NCC1CCNCC1. The number of nitriles is 1. The summed E-state index contributed by atoms with van der Waals surface area (Å²) in [5.41, 5.74) is 3.94. The summed E-state index contributed by atoms with van der Waals surface area (Å²) in [5.74, 6) is 0.801.